The molecule has 0 saturated heterocycles. The van der Waals surface area contributed by atoms with Crippen molar-refractivity contribution in [2.24, 2.45) is 0 Å². The number of furan rings is 1. The van der Waals surface area contributed by atoms with Gasteiger partial charge in [-0.05, 0) is 32.3 Å². The van der Waals surface area contributed by atoms with Crippen LogP contribution in [0.2, 0.25) is 0 Å². The third-order valence-corrected chi connectivity index (χ3v) is 2.52. The Morgan fingerprint density at radius 3 is 2.62 bits per heavy atom. The van der Waals surface area contributed by atoms with Gasteiger partial charge in [-0.25, -0.2) is 0 Å². The zero-order valence-corrected chi connectivity index (χ0v) is 9.66. The summed E-state index contributed by atoms with van der Waals surface area (Å²) in [4.78, 5) is 2.12. The highest BCUT2D eigenvalue weighted by Crippen LogP contribution is 2.27. The standard InChI is InChI=1S/C12H17N3O/c1-15(2)4-3-10-6-8-5-9(13)7-11(14)12(8)16-10/h5-7H,3-4,13-14H2,1-2H3. The van der Waals surface area contributed by atoms with Crippen molar-refractivity contribution in [3.05, 3.63) is 24.0 Å². The smallest absolute Gasteiger partial charge is 0.157 e. The van der Waals surface area contributed by atoms with Gasteiger partial charge < -0.3 is 20.8 Å². The van der Waals surface area contributed by atoms with Crippen LogP contribution in [-0.4, -0.2) is 25.5 Å². The van der Waals surface area contributed by atoms with E-state index >= 15 is 0 Å². The minimum Gasteiger partial charge on any atom is -0.459 e. The van der Waals surface area contributed by atoms with Crippen LogP contribution in [0.5, 0.6) is 0 Å². The summed E-state index contributed by atoms with van der Waals surface area (Å²) in [7, 11) is 4.07. The summed E-state index contributed by atoms with van der Waals surface area (Å²) >= 11 is 0. The van der Waals surface area contributed by atoms with Gasteiger partial charge in [0.05, 0.1) is 5.69 Å². The van der Waals surface area contributed by atoms with Gasteiger partial charge in [-0.15, -0.1) is 0 Å². The van der Waals surface area contributed by atoms with Gasteiger partial charge in [0.2, 0.25) is 0 Å². The quantitative estimate of drug-likeness (QED) is 0.771. The lowest BCUT2D eigenvalue weighted by atomic mass is 10.2. The van der Waals surface area contributed by atoms with Crippen LogP contribution in [0.4, 0.5) is 11.4 Å². The highest BCUT2D eigenvalue weighted by molar-refractivity contribution is 5.91. The molecule has 0 radical (unpaired) electrons. The Hall–Kier alpha value is -1.68. The van der Waals surface area contributed by atoms with Crippen LogP contribution in [0.3, 0.4) is 0 Å². The minimum absolute atomic E-state index is 0.603. The van der Waals surface area contributed by atoms with Gasteiger partial charge in [0.15, 0.2) is 5.58 Å². The maximum atomic E-state index is 5.84. The van der Waals surface area contributed by atoms with Crippen LogP contribution in [-0.2, 0) is 6.42 Å². The number of nitrogen functional groups attached to an aromatic ring is 2. The van der Waals surface area contributed by atoms with Crippen molar-refractivity contribution in [2.45, 2.75) is 6.42 Å². The van der Waals surface area contributed by atoms with Crippen LogP contribution in [0, 0.1) is 0 Å². The summed E-state index contributed by atoms with van der Waals surface area (Å²) in [6.07, 6.45) is 0.876. The van der Waals surface area contributed by atoms with Crippen LogP contribution < -0.4 is 11.5 Å². The number of hydrogen-bond acceptors (Lipinski definition) is 4. The monoisotopic (exact) mass is 219 g/mol. The fourth-order valence-corrected chi connectivity index (χ4v) is 1.71. The van der Waals surface area contributed by atoms with Gasteiger partial charge in [-0.2, -0.15) is 0 Å². The van der Waals surface area contributed by atoms with Crippen molar-refractivity contribution in [1.29, 1.82) is 0 Å². The minimum atomic E-state index is 0.603. The molecule has 0 aliphatic carbocycles. The van der Waals surface area contributed by atoms with E-state index in [0.717, 1.165) is 29.7 Å². The van der Waals surface area contributed by atoms with E-state index in [1.54, 1.807) is 6.07 Å². The second kappa shape index (κ2) is 4.06. The van der Waals surface area contributed by atoms with Crippen LogP contribution in [0.1, 0.15) is 5.76 Å². The molecule has 2 aromatic rings. The molecule has 0 spiro atoms. The number of benzene rings is 1. The third kappa shape index (κ3) is 2.12. The van der Waals surface area contributed by atoms with E-state index in [0.29, 0.717) is 11.4 Å². The Bertz CT molecular complexity index is 502. The lowest BCUT2D eigenvalue weighted by Gasteiger charge is -2.06. The van der Waals surface area contributed by atoms with Crippen LogP contribution in [0.15, 0.2) is 22.6 Å². The molecule has 0 amide bonds. The first kappa shape index (κ1) is 10.8. The second-order valence-electron chi connectivity index (χ2n) is 4.29. The molecule has 0 bridgehead atoms. The largest absolute Gasteiger partial charge is 0.459 e. The molecule has 0 saturated carbocycles. The Labute approximate surface area is 94.8 Å². The van der Waals surface area contributed by atoms with Crippen molar-refractivity contribution in [3.63, 3.8) is 0 Å². The molecule has 0 fully saturated rings. The second-order valence-corrected chi connectivity index (χ2v) is 4.29. The number of nitrogens with two attached hydrogens (primary N) is 2. The van der Waals surface area contributed by atoms with Gasteiger partial charge >= 0.3 is 0 Å². The Balaban J connectivity index is 2.33. The lowest BCUT2D eigenvalue weighted by Crippen LogP contribution is -2.14. The number of rotatable bonds is 3. The Morgan fingerprint density at radius 1 is 1.19 bits per heavy atom. The molecular weight excluding hydrogens is 202 g/mol. The maximum absolute atomic E-state index is 5.84. The summed E-state index contributed by atoms with van der Waals surface area (Å²) < 4.78 is 5.70. The van der Waals surface area contributed by atoms with Gasteiger partial charge in [0.25, 0.3) is 0 Å². The molecule has 86 valence electrons. The summed E-state index contributed by atoms with van der Waals surface area (Å²) in [5.41, 5.74) is 13.6. The normalized spacial score (nSPS) is 11.4. The molecule has 2 rings (SSSR count). The maximum Gasteiger partial charge on any atom is 0.157 e. The van der Waals surface area contributed by atoms with Gasteiger partial charge in [0.1, 0.15) is 5.76 Å². The molecule has 0 unspecified atom stereocenters. The van der Waals surface area contributed by atoms with E-state index in [-0.39, 0.29) is 0 Å². The van der Waals surface area contributed by atoms with Gasteiger partial charge in [-0.1, -0.05) is 0 Å². The molecule has 1 aromatic carbocycles. The van der Waals surface area contributed by atoms with Gasteiger partial charge in [0, 0.05) is 24.0 Å². The molecular formula is C12H17N3O. The number of likely N-dealkylation sites (N-methyl/N-ethyl adjacent to an activating group) is 1. The van der Waals surface area contributed by atoms with Crippen molar-refractivity contribution in [1.82, 2.24) is 4.90 Å². The first-order valence-corrected chi connectivity index (χ1v) is 5.28. The Kier molecular flexibility index (Phi) is 2.75. The van der Waals surface area contributed by atoms with Crippen LogP contribution >= 0.6 is 0 Å². The summed E-state index contributed by atoms with van der Waals surface area (Å²) in [5, 5.41) is 0.978. The molecule has 4 heteroatoms. The van der Waals surface area contributed by atoms with Crippen molar-refractivity contribution >= 4 is 22.3 Å². The number of anilines is 2. The predicted molar refractivity (Wildman–Crippen MR) is 67.3 cm³/mol. The van der Waals surface area contributed by atoms with E-state index in [9.17, 15) is 0 Å². The molecule has 0 aliphatic rings. The number of fused-ring (bicyclic) bond motifs is 1. The number of hydrogen-bond donors (Lipinski definition) is 2. The topological polar surface area (TPSA) is 68.4 Å². The van der Waals surface area contributed by atoms with E-state index in [1.807, 2.05) is 26.2 Å². The highest BCUT2D eigenvalue weighted by Gasteiger charge is 2.07. The van der Waals surface area contributed by atoms with Crippen molar-refractivity contribution < 1.29 is 4.42 Å². The molecule has 4 nitrogen and oxygen atoms in total. The molecule has 0 atom stereocenters. The summed E-state index contributed by atoms with van der Waals surface area (Å²) in [5.74, 6) is 0.945. The zero-order valence-electron chi connectivity index (χ0n) is 9.66. The molecule has 1 heterocycles. The SMILES string of the molecule is CN(C)CCc1cc2cc(N)cc(N)c2o1. The van der Waals surface area contributed by atoms with Gasteiger partial charge in [-0.3, -0.25) is 0 Å². The average molecular weight is 219 g/mol. The first-order valence-electron chi connectivity index (χ1n) is 5.28. The average Bonchev–Trinajstić information content (AvgIpc) is 2.57. The summed E-state index contributed by atoms with van der Waals surface area (Å²) in [6.45, 7) is 0.954. The zero-order chi connectivity index (χ0) is 11.7. The fourth-order valence-electron chi connectivity index (χ4n) is 1.71. The van der Waals surface area contributed by atoms with Crippen molar-refractivity contribution in [3.8, 4) is 0 Å². The highest BCUT2D eigenvalue weighted by atomic mass is 16.3. The fraction of sp³-hybridized carbons (Fsp3) is 0.333. The van der Waals surface area contributed by atoms with E-state index < -0.39 is 0 Å². The van der Waals surface area contributed by atoms with Crippen LogP contribution in [0.25, 0.3) is 11.0 Å². The number of nitrogens with zero attached hydrogens (tertiary/aromatic N) is 1. The predicted octanol–water partition coefficient (Wildman–Crippen LogP) is 1.70. The Morgan fingerprint density at radius 2 is 1.94 bits per heavy atom. The third-order valence-electron chi connectivity index (χ3n) is 2.52. The molecule has 4 N–H and O–H groups in total. The van der Waals surface area contributed by atoms with E-state index in [4.69, 9.17) is 15.9 Å². The molecule has 0 aliphatic heterocycles. The molecule has 1 aromatic heterocycles. The van der Waals surface area contributed by atoms with E-state index in [2.05, 4.69) is 4.90 Å². The first-order chi connectivity index (χ1) is 7.56. The van der Waals surface area contributed by atoms with Crippen molar-refractivity contribution in [2.75, 3.05) is 32.1 Å². The van der Waals surface area contributed by atoms with E-state index in [1.165, 1.54) is 0 Å². The lowest BCUT2D eigenvalue weighted by molar-refractivity contribution is 0.395. The summed E-state index contributed by atoms with van der Waals surface area (Å²) in [6, 6.07) is 5.61. The molecule has 16 heavy (non-hydrogen) atoms.